The fraction of sp³-hybridized carbons (Fsp3) is 0.833. The zero-order valence-electron chi connectivity index (χ0n) is 8.03. The van der Waals surface area contributed by atoms with Gasteiger partial charge in [-0.3, -0.25) is 0 Å². The van der Waals surface area contributed by atoms with Crippen LogP contribution in [0, 0.1) is 6.42 Å². The standard InChI is InChI=1S/C6H13O6P/c1-4-2-5(7)6(12-4)3-11-13(8,9)10/h2,4-10H,3H2,1H3/q+1/t4-,5+,6+/m0/s1/i8D. The van der Waals surface area contributed by atoms with Crippen molar-refractivity contribution >= 4 is 8.17 Å². The van der Waals surface area contributed by atoms with Crippen LogP contribution in [0.25, 0.3) is 0 Å². The summed E-state index contributed by atoms with van der Waals surface area (Å²) in [7, 11) is -4.06. The Morgan fingerprint density at radius 3 is 2.85 bits per heavy atom. The average Bonchev–Trinajstić information content (AvgIpc) is 2.42. The predicted octanol–water partition coefficient (Wildman–Crippen LogP) is -0.990. The topological polar surface area (TPSA) is 99.4 Å². The molecule has 3 atom stereocenters. The van der Waals surface area contributed by atoms with Crippen LogP contribution in [0.1, 0.15) is 6.92 Å². The zero-order valence-corrected chi connectivity index (χ0v) is 7.92. The van der Waals surface area contributed by atoms with Gasteiger partial charge in [0, 0.05) is 6.42 Å². The molecular formula is C6H13O6P+. The molecule has 1 radical (unpaired) electrons. The minimum absolute atomic E-state index is 0.208. The van der Waals surface area contributed by atoms with E-state index < -0.39 is 20.4 Å². The Morgan fingerprint density at radius 1 is 1.69 bits per heavy atom. The van der Waals surface area contributed by atoms with Crippen LogP contribution in [0.15, 0.2) is 0 Å². The van der Waals surface area contributed by atoms with Gasteiger partial charge in [-0.15, -0.1) is 0 Å². The summed E-state index contributed by atoms with van der Waals surface area (Å²) in [5.41, 5.74) is 0. The fourth-order valence-corrected chi connectivity index (χ4v) is 1.45. The van der Waals surface area contributed by atoms with E-state index >= 15 is 0 Å². The maximum atomic E-state index is 9.33. The first-order valence-electron chi connectivity index (χ1n) is 4.18. The third kappa shape index (κ3) is 3.83. The summed E-state index contributed by atoms with van der Waals surface area (Å²) in [6, 6.07) is 0. The molecule has 1 fully saturated rings. The molecule has 0 spiro atoms. The van der Waals surface area contributed by atoms with E-state index in [1.807, 2.05) is 0 Å². The first-order chi connectivity index (χ1) is 6.44. The second-order valence-electron chi connectivity index (χ2n) is 2.85. The van der Waals surface area contributed by atoms with E-state index in [1.165, 1.54) is 0 Å². The Hall–Kier alpha value is 0.190. The van der Waals surface area contributed by atoms with Gasteiger partial charge < -0.3 is 9.84 Å². The number of hydrogen-bond acceptors (Lipinski definition) is 6. The smallest absolute Gasteiger partial charge is 0.390 e. The Morgan fingerprint density at radius 2 is 2.38 bits per heavy atom. The maximum Gasteiger partial charge on any atom is 0.567 e. The predicted molar refractivity (Wildman–Crippen MR) is 44.2 cm³/mol. The average molecular weight is 213 g/mol. The molecule has 4 N–H and O–H groups in total. The number of aliphatic hydroxyl groups is 1. The van der Waals surface area contributed by atoms with Crippen molar-refractivity contribution in [2.45, 2.75) is 25.2 Å². The van der Waals surface area contributed by atoms with Gasteiger partial charge in [0.1, 0.15) is 12.7 Å². The van der Waals surface area contributed by atoms with Crippen LogP contribution in [-0.4, -0.2) is 46.1 Å². The number of rotatable bonds is 4. The minimum Gasteiger partial charge on any atom is -0.390 e. The second-order valence-corrected chi connectivity index (χ2v) is 4.09. The molecule has 1 aliphatic rings. The lowest BCUT2D eigenvalue weighted by Crippen LogP contribution is -2.26. The van der Waals surface area contributed by atoms with Crippen LogP contribution in [0.2, 0.25) is 0 Å². The van der Waals surface area contributed by atoms with Gasteiger partial charge in [-0.05, 0) is 6.92 Å². The normalized spacial score (nSPS) is 36.3. The number of hydrogen-bond donors (Lipinski definition) is 4. The molecule has 1 aliphatic heterocycles. The number of ether oxygens (including phenoxy) is 1. The van der Waals surface area contributed by atoms with E-state index in [4.69, 9.17) is 16.0 Å². The molecule has 0 saturated carbocycles. The first-order valence-corrected chi connectivity index (χ1v) is 5.30. The van der Waals surface area contributed by atoms with Crippen molar-refractivity contribution in [2.24, 2.45) is 0 Å². The second kappa shape index (κ2) is 4.14. The largest absolute Gasteiger partial charge is 0.567 e. The molecule has 0 aromatic rings. The Balaban J connectivity index is 2.31. The van der Waals surface area contributed by atoms with Gasteiger partial charge in [-0.25, -0.2) is 0 Å². The molecule has 0 bridgehead atoms. The molecule has 1 heterocycles. The molecule has 1 rings (SSSR count). The fourth-order valence-electron chi connectivity index (χ4n) is 1.11. The highest BCUT2D eigenvalue weighted by molar-refractivity contribution is 7.53. The van der Waals surface area contributed by atoms with Crippen LogP contribution in [0.5, 0.6) is 0 Å². The first kappa shape index (κ1) is 9.73. The van der Waals surface area contributed by atoms with E-state index in [0.717, 1.165) is 0 Å². The van der Waals surface area contributed by atoms with Crippen molar-refractivity contribution in [2.75, 3.05) is 6.61 Å². The molecule has 0 unspecified atom stereocenters. The maximum absolute atomic E-state index is 9.33. The van der Waals surface area contributed by atoms with Crippen LogP contribution in [0.3, 0.4) is 0 Å². The van der Waals surface area contributed by atoms with E-state index in [2.05, 4.69) is 9.42 Å². The van der Waals surface area contributed by atoms with Crippen LogP contribution in [-0.2, 0) is 9.26 Å². The van der Waals surface area contributed by atoms with Crippen molar-refractivity contribution in [3.63, 3.8) is 0 Å². The van der Waals surface area contributed by atoms with Gasteiger partial charge in [-0.1, -0.05) is 0 Å². The van der Waals surface area contributed by atoms with Crippen LogP contribution < -0.4 is 0 Å². The highest BCUT2D eigenvalue weighted by Gasteiger charge is 2.39. The van der Waals surface area contributed by atoms with Gasteiger partial charge >= 0.3 is 8.17 Å². The number of aliphatic hydroxyl groups excluding tert-OH is 1. The third-order valence-electron chi connectivity index (χ3n) is 1.65. The van der Waals surface area contributed by atoms with Crippen LogP contribution in [0.4, 0.5) is 0 Å². The minimum atomic E-state index is -4.06. The SMILES string of the molecule is [2H]O[P+](O)(O)OC[C@H]1O[C@@H](C)[CH][C@H]1O. The summed E-state index contributed by atoms with van der Waals surface area (Å²) in [5.74, 6) is 0. The van der Waals surface area contributed by atoms with Gasteiger partial charge in [0.25, 0.3) is 1.43 Å². The molecule has 0 amide bonds. The molecule has 6 nitrogen and oxygen atoms in total. The monoisotopic (exact) mass is 213 g/mol. The molecule has 7 heteroatoms. The van der Waals surface area contributed by atoms with Crippen molar-refractivity contribution < 1.29 is 29.0 Å². The van der Waals surface area contributed by atoms with Crippen molar-refractivity contribution in [1.29, 1.82) is 1.43 Å². The van der Waals surface area contributed by atoms with Gasteiger partial charge in [-0.2, -0.15) is 19.2 Å². The van der Waals surface area contributed by atoms with E-state index in [0.29, 0.717) is 0 Å². The van der Waals surface area contributed by atoms with E-state index in [-0.39, 0.29) is 12.7 Å². The van der Waals surface area contributed by atoms with Gasteiger partial charge in [0.2, 0.25) is 0 Å². The molecule has 1 saturated heterocycles. The Bertz CT molecular complexity index is 191. The summed E-state index contributed by atoms with van der Waals surface area (Å²) < 4.78 is 15.9. The quantitative estimate of drug-likeness (QED) is 0.447. The van der Waals surface area contributed by atoms with Gasteiger partial charge in [0.05, 0.1) is 12.2 Å². The summed E-state index contributed by atoms with van der Waals surface area (Å²) >= 11 is 0. The van der Waals surface area contributed by atoms with E-state index in [9.17, 15) is 5.11 Å². The van der Waals surface area contributed by atoms with Crippen molar-refractivity contribution in [1.82, 2.24) is 0 Å². The lowest BCUT2D eigenvalue weighted by atomic mass is 10.1. The summed E-state index contributed by atoms with van der Waals surface area (Å²) in [5, 5.41) is 9.33. The summed E-state index contributed by atoms with van der Waals surface area (Å²) in [4.78, 5) is 21.2. The highest BCUT2D eigenvalue weighted by atomic mass is 31.2. The zero-order chi connectivity index (χ0) is 10.8. The lowest BCUT2D eigenvalue weighted by molar-refractivity contribution is -0.0205. The molecule has 0 aromatic heterocycles. The summed E-state index contributed by atoms with van der Waals surface area (Å²) in [6.07, 6.45) is -0.111. The van der Waals surface area contributed by atoms with Crippen LogP contribution >= 0.6 is 8.17 Å². The molecule has 0 aliphatic carbocycles. The van der Waals surface area contributed by atoms with E-state index in [1.54, 1.807) is 13.3 Å². The molecule has 13 heavy (non-hydrogen) atoms. The van der Waals surface area contributed by atoms with Gasteiger partial charge in [0.15, 0.2) is 0 Å². The third-order valence-corrected chi connectivity index (χ3v) is 2.13. The van der Waals surface area contributed by atoms with Crippen molar-refractivity contribution in [3.05, 3.63) is 6.42 Å². The highest BCUT2D eigenvalue weighted by Crippen LogP contribution is 2.46. The molecule has 0 aromatic carbocycles. The molecule has 77 valence electrons. The Labute approximate surface area is 77.9 Å². The van der Waals surface area contributed by atoms with Crippen molar-refractivity contribution in [3.8, 4) is 0 Å². The molecular weight excluding hydrogens is 199 g/mol. The lowest BCUT2D eigenvalue weighted by Gasteiger charge is -2.12. The summed E-state index contributed by atoms with van der Waals surface area (Å²) in [6.45, 7) is 1.51. The Kier molecular flexibility index (Phi) is 3.10.